The van der Waals surface area contributed by atoms with E-state index in [2.05, 4.69) is 126 Å². The average molecular weight is 879 g/mol. The topological polar surface area (TPSA) is 44.7 Å². The SMILES string of the molecule is COc1ccc(-c2c(C)ccc3[cH-]c(-c4cc(C)c(C)o4)cc23)cc1.COc1ccc(-c2c(C)ccc3[cH-]c(-c4cc(C)c(C)o4)cc23)cc1.C[Si](C)=[Zr]([Cl])[Cl]. The van der Waals surface area contributed by atoms with Crippen LogP contribution in [0.15, 0.2) is 118 Å². The second-order valence-corrected chi connectivity index (χ2v) is 37.4. The molecule has 4 nitrogen and oxygen atoms in total. The standard InChI is InChI=1S/2C23H21O2.C2H6Si.2ClH.Zr/c2*1-14-5-6-18-12-19(22-11-15(2)16(3)25-22)13-21(18)23(14)17-7-9-20(24-4)10-8-17;1-3-2;;;/h2*5-13H,1-4H3;1-2H3;2*1H;/q2*-1;;;;+2/p-2. The Hall–Kier alpha value is -4.06. The maximum absolute atomic E-state index is 5.92. The second-order valence-electron chi connectivity index (χ2n) is 14.4. The number of hydrogen-bond donors (Lipinski definition) is 0. The van der Waals surface area contributed by atoms with Crippen LogP contribution < -0.4 is 9.47 Å². The van der Waals surface area contributed by atoms with E-state index in [0.29, 0.717) is 0 Å². The first-order valence-corrected chi connectivity index (χ1v) is 31.1. The number of rotatable bonds is 6. The van der Waals surface area contributed by atoms with E-state index >= 15 is 0 Å². The van der Waals surface area contributed by atoms with Gasteiger partial charge < -0.3 is 18.3 Å². The van der Waals surface area contributed by atoms with Crippen molar-refractivity contribution in [1.82, 2.24) is 0 Å². The molecule has 0 aliphatic carbocycles. The molecule has 0 N–H and O–H groups in total. The Morgan fingerprint density at radius 1 is 0.518 bits per heavy atom. The van der Waals surface area contributed by atoms with Crippen molar-refractivity contribution in [2.75, 3.05) is 14.2 Å². The van der Waals surface area contributed by atoms with Crippen LogP contribution in [0, 0.1) is 41.5 Å². The predicted molar refractivity (Wildman–Crippen MR) is 236 cm³/mol. The number of halogens is 2. The van der Waals surface area contributed by atoms with Crippen LogP contribution in [0.4, 0.5) is 0 Å². The summed E-state index contributed by atoms with van der Waals surface area (Å²) < 4.78 is 22.4. The first kappa shape index (κ1) is 41.6. The molecular formula is C48H48Cl2O4SiZr-2. The molecule has 0 atom stereocenters. The molecule has 0 saturated heterocycles. The summed E-state index contributed by atoms with van der Waals surface area (Å²) in [6, 6.07) is 38.4. The molecule has 6 aromatic carbocycles. The van der Waals surface area contributed by atoms with Crippen LogP contribution in [0.3, 0.4) is 0 Å². The average Bonchev–Trinajstić information content (AvgIpc) is 3.98. The van der Waals surface area contributed by atoms with Crippen LogP contribution >= 0.6 is 17.0 Å². The van der Waals surface area contributed by atoms with Gasteiger partial charge in [-0.2, -0.15) is 0 Å². The third kappa shape index (κ3) is 9.21. The summed E-state index contributed by atoms with van der Waals surface area (Å²) in [6.45, 7) is 16.8. The molecule has 0 saturated carbocycles. The molecule has 0 aliphatic rings. The third-order valence-electron chi connectivity index (χ3n) is 10.2. The Kier molecular flexibility index (Phi) is 13.4. The van der Waals surface area contributed by atoms with E-state index in [0.717, 1.165) is 45.7 Å². The Bertz CT molecular complexity index is 2420. The van der Waals surface area contributed by atoms with Gasteiger partial charge >= 0.3 is 53.5 Å². The van der Waals surface area contributed by atoms with Gasteiger partial charge in [-0.3, -0.25) is 0 Å². The third-order valence-corrected chi connectivity index (χ3v) is 30.0. The second kappa shape index (κ2) is 18.0. The number of aryl methyl sites for hydroxylation is 6. The molecule has 8 rings (SSSR count). The molecule has 0 spiro atoms. The fourth-order valence-electron chi connectivity index (χ4n) is 6.78. The molecule has 0 unspecified atom stereocenters. The summed E-state index contributed by atoms with van der Waals surface area (Å²) >= 11 is -1.65. The van der Waals surface area contributed by atoms with Crippen molar-refractivity contribution in [3.05, 3.63) is 143 Å². The molecule has 0 bridgehead atoms. The monoisotopic (exact) mass is 876 g/mol. The molecule has 288 valence electrons. The van der Waals surface area contributed by atoms with Crippen molar-refractivity contribution in [1.29, 1.82) is 0 Å². The zero-order valence-corrected chi connectivity index (χ0v) is 38.8. The molecule has 0 fully saturated rings. The van der Waals surface area contributed by atoms with E-state index in [1.807, 2.05) is 38.1 Å². The van der Waals surface area contributed by atoms with Gasteiger partial charge in [0, 0.05) is 0 Å². The number of methoxy groups -OCH3 is 2. The molecule has 8 aromatic rings. The zero-order chi connectivity index (χ0) is 40.3. The van der Waals surface area contributed by atoms with E-state index in [4.69, 9.17) is 35.3 Å². The fourth-order valence-corrected chi connectivity index (χ4v) is 6.78. The number of fused-ring (bicyclic) bond motifs is 2. The van der Waals surface area contributed by atoms with Crippen molar-refractivity contribution < 1.29 is 36.3 Å². The quantitative estimate of drug-likeness (QED) is 0.123. The van der Waals surface area contributed by atoms with Gasteiger partial charge in [-0.25, -0.2) is 0 Å². The zero-order valence-electron chi connectivity index (χ0n) is 33.8. The van der Waals surface area contributed by atoms with Crippen molar-refractivity contribution in [2.45, 2.75) is 54.6 Å². The normalized spacial score (nSPS) is 10.9. The van der Waals surface area contributed by atoms with E-state index in [1.165, 1.54) is 66.1 Å². The molecule has 0 aliphatic heterocycles. The Balaban J connectivity index is 0.000000166. The summed E-state index contributed by atoms with van der Waals surface area (Å²) in [4.78, 5) is 0. The number of benzene rings is 4. The van der Waals surface area contributed by atoms with Crippen LogP contribution in [0.5, 0.6) is 11.5 Å². The van der Waals surface area contributed by atoms with Crippen LogP contribution in [-0.2, 0) is 18.0 Å². The van der Waals surface area contributed by atoms with Crippen molar-refractivity contribution in [3.8, 4) is 56.4 Å². The minimum absolute atomic E-state index is 0.224. The molecule has 2 heterocycles. The predicted octanol–water partition coefficient (Wildman–Crippen LogP) is 15.0. The van der Waals surface area contributed by atoms with E-state index in [-0.39, 0.29) is 5.43 Å². The summed E-state index contributed by atoms with van der Waals surface area (Å²) in [5, 5.41) is 4.98. The summed E-state index contributed by atoms with van der Waals surface area (Å²) in [6.07, 6.45) is 0. The summed E-state index contributed by atoms with van der Waals surface area (Å²) in [5.74, 6) is 5.57. The van der Waals surface area contributed by atoms with E-state index in [9.17, 15) is 0 Å². The van der Waals surface area contributed by atoms with Crippen molar-refractivity contribution in [2.24, 2.45) is 0 Å². The molecule has 56 heavy (non-hydrogen) atoms. The van der Waals surface area contributed by atoms with Gasteiger partial charge in [-0.05, 0) is 111 Å². The van der Waals surface area contributed by atoms with Crippen LogP contribution in [0.1, 0.15) is 33.8 Å². The van der Waals surface area contributed by atoms with Gasteiger partial charge in [-0.15, -0.1) is 57.9 Å². The number of hydrogen-bond acceptors (Lipinski definition) is 4. The molecule has 0 radical (unpaired) electrons. The Labute approximate surface area is 346 Å². The van der Waals surface area contributed by atoms with Gasteiger partial charge in [-0.1, -0.05) is 58.7 Å². The van der Waals surface area contributed by atoms with Crippen LogP contribution in [0.25, 0.3) is 66.4 Å². The maximum atomic E-state index is 5.92. The van der Waals surface area contributed by atoms with E-state index in [1.54, 1.807) is 14.2 Å². The summed E-state index contributed by atoms with van der Waals surface area (Å²) in [7, 11) is 14.6. The Morgan fingerprint density at radius 2 is 0.875 bits per heavy atom. The molecular weight excluding hydrogens is 831 g/mol. The first-order chi connectivity index (χ1) is 26.8. The van der Waals surface area contributed by atoms with Gasteiger partial charge in [0.25, 0.3) is 0 Å². The Morgan fingerprint density at radius 3 is 1.16 bits per heavy atom. The van der Waals surface area contributed by atoms with Crippen molar-refractivity contribution in [3.63, 3.8) is 0 Å². The molecule has 2 aromatic heterocycles. The van der Waals surface area contributed by atoms with Gasteiger partial charge in [0.1, 0.15) is 11.5 Å². The number of ether oxygens (including phenoxy) is 2. The first-order valence-electron chi connectivity index (χ1n) is 18.6. The minimum atomic E-state index is -1.65. The summed E-state index contributed by atoms with van der Waals surface area (Å²) in [5.41, 5.74) is 11.9. The van der Waals surface area contributed by atoms with Gasteiger partial charge in [0.2, 0.25) is 0 Å². The van der Waals surface area contributed by atoms with E-state index < -0.39 is 18.0 Å². The van der Waals surface area contributed by atoms with Crippen molar-refractivity contribution >= 4 is 44.0 Å². The molecule has 0 amide bonds. The molecule has 8 heteroatoms. The van der Waals surface area contributed by atoms with Crippen LogP contribution in [0.2, 0.25) is 13.1 Å². The van der Waals surface area contributed by atoms with Gasteiger partial charge in [0.05, 0.1) is 37.3 Å². The number of furan rings is 2. The van der Waals surface area contributed by atoms with Gasteiger partial charge in [0.15, 0.2) is 0 Å². The van der Waals surface area contributed by atoms with Crippen LogP contribution in [-0.4, -0.2) is 19.7 Å². The fraction of sp³-hybridized carbons (Fsp3) is 0.208.